The summed E-state index contributed by atoms with van der Waals surface area (Å²) >= 11 is 0. The van der Waals surface area contributed by atoms with E-state index in [1.54, 1.807) is 13.1 Å². The van der Waals surface area contributed by atoms with E-state index >= 15 is 0 Å². The van der Waals surface area contributed by atoms with Crippen molar-refractivity contribution in [1.29, 1.82) is 0 Å². The van der Waals surface area contributed by atoms with Crippen molar-refractivity contribution in [2.24, 2.45) is 5.73 Å². The SMILES string of the molecule is CNC(=O)C=CC(C)(C)N. The molecule has 3 heteroatoms. The third kappa shape index (κ3) is 5.31. The van der Waals surface area contributed by atoms with Crippen molar-refractivity contribution < 1.29 is 4.79 Å². The lowest BCUT2D eigenvalue weighted by atomic mass is 10.1. The molecule has 0 fully saturated rings. The van der Waals surface area contributed by atoms with E-state index in [4.69, 9.17) is 5.73 Å². The van der Waals surface area contributed by atoms with Gasteiger partial charge in [0, 0.05) is 18.7 Å². The van der Waals surface area contributed by atoms with Crippen molar-refractivity contribution in [1.82, 2.24) is 5.32 Å². The van der Waals surface area contributed by atoms with Crippen molar-refractivity contribution in [3.05, 3.63) is 12.2 Å². The molecule has 0 rings (SSSR count). The zero-order chi connectivity index (χ0) is 8.20. The maximum Gasteiger partial charge on any atom is 0.243 e. The maximum atomic E-state index is 10.6. The zero-order valence-corrected chi connectivity index (χ0v) is 6.64. The predicted molar refractivity (Wildman–Crippen MR) is 41.5 cm³/mol. The standard InChI is InChI=1S/C7H14N2O/c1-7(2,8)5-4-6(10)9-3/h4-5H,8H2,1-3H3,(H,9,10). The molecule has 0 atom stereocenters. The van der Waals surface area contributed by atoms with Gasteiger partial charge in [-0.25, -0.2) is 0 Å². The number of carbonyl (C=O) groups is 1. The Morgan fingerprint density at radius 2 is 2.10 bits per heavy atom. The summed E-state index contributed by atoms with van der Waals surface area (Å²) < 4.78 is 0. The molecule has 0 saturated heterocycles. The van der Waals surface area contributed by atoms with Crippen LogP contribution in [0.15, 0.2) is 12.2 Å². The second-order valence-electron chi connectivity index (χ2n) is 2.77. The summed E-state index contributed by atoms with van der Waals surface area (Å²) in [7, 11) is 1.58. The van der Waals surface area contributed by atoms with E-state index in [0.717, 1.165) is 0 Å². The van der Waals surface area contributed by atoms with Crippen molar-refractivity contribution in [3.8, 4) is 0 Å². The van der Waals surface area contributed by atoms with Crippen LogP contribution in [-0.2, 0) is 4.79 Å². The summed E-state index contributed by atoms with van der Waals surface area (Å²) in [6, 6.07) is 0. The normalized spacial score (nSPS) is 12.0. The highest BCUT2D eigenvalue weighted by atomic mass is 16.1. The monoisotopic (exact) mass is 142 g/mol. The molecule has 0 spiro atoms. The lowest BCUT2D eigenvalue weighted by Crippen LogP contribution is -2.29. The first-order valence-electron chi connectivity index (χ1n) is 3.15. The molecular weight excluding hydrogens is 128 g/mol. The Bertz CT molecular complexity index is 144. The number of hydrogen-bond acceptors (Lipinski definition) is 2. The van der Waals surface area contributed by atoms with E-state index in [1.807, 2.05) is 13.8 Å². The fourth-order valence-corrected chi connectivity index (χ4v) is 0.374. The van der Waals surface area contributed by atoms with E-state index in [9.17, 15) is 4.79 Å². The van der Waals surface area contributed by atoms with Crippen LogP contribution < -0.4 is 11.1 Å². The summed E-state index contributed by atoms with van der Waals surface area (Å²) in [5, 5.41) is 2.46. The quantitative estimate of drug-likeness (QED) is 0.534. The van der Waals surface area contributed by atoms with Crippen LogP contribution in [0.1, 0.15) is 13.8 Å². The van der Waals surface area contributed by atoms with Crippen LogP contribution in [0, 0.1) is 0 Å². The molecule has 0 bridgehead atoms. The molecule has 0 saturated carbocycles. The summed E-state index contributed by atoms with van der Waals surface area (Å²) in [5.74, 6) is -0.126. The lowest BCUT2D eigenvalue weighted by Gasteiger charge is -2.10. The molecule has 0 aliphatic carbocycles. The minimum Gasteiger partial charge on any atom is -0.356 e. The summed E-state index contributed by atoms with van der Waals surface area (Å²) in [5.41, 5.74) is 5.16. The molecule has 0 unspecified atom stereocenters. The first-order valence-corrected chi connectivity index (χ1v) is 3.15. The van der Waals surface area contributed by atoms with Crippen LogP contribution in [0.4, 0.5) is 0 Å². The Labute approximate surface area is 61.3 Å². The summed E-state index contributed by atoms with van der Waals surface area (Å²) in [6.07, 6.45) is 3.09. The van der Waals surface area contributed by atoms with Gasteiger partial charge < -0.3 is 11.1 Å². The largest absolute Gasteiger partial charge is 0.356 e. The molecule has 3 N–H and O–H groups in total. The highest BCUT2D eigenvalue weighted by Crippen LogP contribution is 1.96. The summed E-state index contributed by atoms with van der Waals surface area (Å²) in [6.45, 7) is 3.65. The molecule has 0 aromatic heterocycles. The van der Waals surface area contributed by atoms with Crippen molar-refractivity contribution in [2.75, 3.05) is 7.05 Å². The van der Waals surface area contributed by atoms with Crippen LogP contribution in [-0.4, -0.2) is 18.5 Å². The zero-order valence-electron chi connectivity index (χ0n) is 6.64. The van der Waals surface area contributed by atoms with Crippen LogP contribution >= 0.6 is 0 Å². The molecule has 58 valence electrons. The molecule has 3 nitrogen and oxygen atoms in total. The fourth-order valence-electron chi connectivity index (χ4n) is 0.374. The van der Waals surface area contributed by atoms with Gasteiger partial charge in [-0.05, 0) is 13.8 Å². The van der Waals surface area contributed by atoms with Crippen molar-refractivity contribution in [2.45, 2.75) is 19.4 Å². The Morgan fingerprint density at radius 1 is 1.60 bits per heavy atom. The topological polar surface area (TPSA) is 55.1 Å². The third-order valence-corrected chi connectivity index (χ3v) is 0.911. The number of hydrogen-bond donors (Lipinski definition) is 2. The Hall–Kier alpha value is -0.830. The van der Waals surface area contributed by atoms with E-state index in [1.165, 1.54) is 6.08 Å². The van der Waals surface area contributed by atoms with E-state index < -0.39 is 5.54 Å². The molecular formula is C7H14N2O. The lowest BCUT2D eigenvalue weighted by molar-refractivity contribution is -0.116. The molecule has 0 aromatic rings. The van der Waals surface area contributed by atoms with E-state index in [-0.39, 0.29) is 5.91 Å². The van der Waals surface area contributed by atoms with Crippen molar-refractivity contribution >= 4 is 5.91 Å². The average Bonchev–Trinajstić information content (AvgIpc) is 1.81. The number of rotatable bonds is 2. The van der Waals surface area contributed by atoms with E-state index in [0.29, 0.717) is 0 Å². The number of nitrogens with one attached hydrogen (secondary N) is 1. The van der Waals surface area contributed by atoms with Gasteiger partial charge in [-0.15, -0.1) is 0 Å². The number of carbonyl (C=O) groups excluding carboxylic acids is 1. The van der Waals surface area contributed by atoms with Gasteiger partial charge in [0.05, 0.1) is 0 Å². The molecule has 0 heterocycles. The van der Waals surface area contributed by atoms with Crippen LogP contribution in [0.25, 0.3) is 0 Å². The second-order valence-corrected chi connectivity index (χ2v) is 2.77. The van der Waals surface area contributed by atoms with Crippen LogP contribution in [0.3, 0.4) is 0 Å². The molecule has 0 aliphatic rings. The maximum absolute atomic E-state index is 10.6. The highest BCUT2D eigenvalue weighted by molar-refractivity contribution is 5.87. The minimum absolute atomic E-state index is 0.126. The van der Waals surface area contributed by atoms with Crippen LogP contribution in [0.2, 0.25) is 0 Å². The van der Waals surface area contributed by atoms with Gasteiger partial charge in [-0.3, -0.25) is 4.79 Å². The molecule has 0 aliphatic heterocycles. The Kier molecular flexibility index (Phi) is 3.09. The van der Waals surface area contributed by atoms with Gasteiger partial charge in [0.1, 0.15) is 0 Å². The third-order valence-electron chi connectivity index (χ3n) is 0.911. The molecule has 10 heavy (non-hydrogen) atoms. The van der Waals surface area contributed by atoms with Gasteiger partial charge in [0.15, 0.2) is 0 Å². The second kappa shape index (κ2) is 3.37. The summed E-state index contributed by atoms with van der Waals surface area (Å²) in [4.78, 5) is 10.6. The van der Waals surface area contributed by atoms with Crippen LogP contribution in [0.5, 0.6) is 0 Å². The van der Waals surface area contributed by atoms with Gasteiger partial charge in [0.2, 0.25) is 5.91 Å². The number of likely N-dealkylation sites (N-methyl/N-ethyl adjacent to an activating group) is 1. The van der Waals surface area contributed by atoms with Gasteiger partial charge >= 0.3 is 0 Å². The van der Waals surface area contributed by atoms with Gasteiger partial charge in [-0.2, -0.15) is 0 Å². The Morgan fingerprint density at radius 3 is 2.40 bits per heavy atom. The first-order chi connectivity index (χ1) is 4.45. The number of nitrogens with two attached hydrogens (primary N) is 1. The average molecular weight is 142 g/mol. The smallest absolute Gasteiger partial charge is 0.243 e. The highest BCUT2D eigenvalue weighted by Gasteiger charge is 2.04. The molecule has 0 radical (unpaired) electrons. The molecule has 0 aromatic carbocycles. The van der Waals surface area contributed by atoms with E-state index in [2.05, 4.69) is 5.32 Å². The fraction of sp³-hybridized carbons (Fsp3) is 0.571. The van der Waals surface area contributed by atoms with Gasteiger partial charge in [-0.1, -0.05) is 6.08 Å². The first kappa shape index (κ1) is 9.17. The number of amides is 1. The Balaban J connectivity index is 3.88. The van der Waals surface area contributed by atoms with Gasteiger partial charge in [0.25, 0.3) is 0 Å². The van der Waals surface area contributed by atoms with Crippen molar-refractivity contribution in [3.63, 3.8) is 0 Å². The minimum atomic E-state index is -0.410. The predicted octanol–water partition coefficient (Wildman–Crippen LogP) is 0.0259. The molecule has 1 amide bonds.